The van der Waals surface area contributed by atoms with Gasteiger partial charge in [0.2, 0.25) is 0 Å². The van der Waals surface area contributed by atoms with Gasteiger partial charge < -0.3 is 9.52 Å². The molecule has 1 saturated heterocycles. The minimum atomic E-state index is -0.687. The van der Waals surface area contributed by atoms with Crippen LogP contribution in [-0.4, -0.2) is 29.1 Å². The summed E-state index contributed by atoms with van der Waals surface area (Å²) >= 11 is 0. The van der Waals surface area contributed by atoms with Crippen molar-refractivity contribution in [2.75, 3.05) is 13.1 Å². The highest BCUT2D eigenvalue weighted by Crippen LogP contribution is 2.22. The summed E-state index contributed by atoms with van der Waals surface area (Å²) in [4.78, 5) is 12.9. The van der Waals surface area contributed by atoms with Crippen molar-refractivity contribution in [2.24, 2.45) is 5.92 Å². The van der Waals surface area contributed by atoms with Gasteiger partial charge in [-0.05, 0) is 43.9 Å². The van der Waals surface area contributed by atoms with Gasteiger partial charge in [0.25, 0.3) is 0 Å². The van der Waals surface area contributed by atoms with Crippen molar-refractivity contribution >= 4 is 5.97 Å². The fourth-order valence-electron chi connectivity index (χ4n) is 2.48. The number of carboxylic acids is 1. The first-order valence-corrected chi connectivity index (χ1v) is 6.20. The molecular formula is C13H19NO3. The molecule has 4 nitrogen and oxygen atoms in total. The Morgan fingerprint density at radius 2 is 2.47 bits per heavy atom. The number of rotatable bonds is 5. The molecule has 1 fully saturated rings. The third-order valence-corrected chi connectivity index (χ3v) is 3.33. The molecule has 0 spiro atoms. The van der Waals surface area contributed by atoms with Gasteiger partial charge in [-0.25, -0.2) is 0 Å². The van der Waals surface area contributed by atoms with Crippen LogP contribution in [0.1, 0.15) is 31.4 Å². The highest BCUT2D eigenvalue weighted by molar-refractivity contribution is 5.66. The summed E-state index contributed by atoms with van der Waals surface area (Å²) in [6.07, 6.45) is 5.09. The fourth-order valence-corrected chi connectivity index (χ4v) is 2.48. The van der Waals surface area contributed by atoms with E-state index in [1.165, 1.54) is 0 Å². The van der Waals surface area contributed by atoms with E-state index in [0.29, 0.717) is 12.3 Å². The zero-order chi connectivity index (χ0) is 12.1. The smallest absolute Gasteiger partial charge is 0.303 e. The number of carbonyl (C=O) groups is 1. The van der Waals surface area contributed by atoms with E-state index in [1.54, 1.807) is 6.26 Å². The van der Waals surface area contributed by atoms with E-state index in [-0.39, 0.29) is 0 Å². The van der Waals surface area contributed by atoms with Crippen LogP contribution in [-0.2, 0) is 11.3 Å². The van der Waals surface area contributed by atoms with Crippen LogP contribution in [0.25, 0.3) is 0 Å². The van der Waals surface area contributed by atoms with Crippen LogP contribution in [0.15, 0.2) is 22.8 Å². The third kappa shape index (κ3) is 3.89. The van der Waals surface area contributed by atoms with Crippen LogP contribution in [0, 0.1) is 5.92 Å². The Morgan fingerprint density at radius 1 is 1.59 bits per heavy atom. The highest BCUT2D eigenvalue weighted by Gasteiger charge is 2.20. The number of carboxylic acid groups (broad SMARTS) is 1. The Balaban J connectivity index is 1.78. The molecule has 0 amide bonds. The maximum absolute atomic E-state index is 10.6. The third-order valence-electron chi connectivity index (χ3n) is 3.33. The lowest BCUT2D eigenvalue weighted by Crippen LogP contribution is -2.35. The van der Waals surface area contributed by atoms with Gasteiger partial charge >= 0.3 is 5.97 Å². The van der Waals surface area contributed by atoms with Crippen LogP contribution in [0.5, 0.6) is 0 Å². The van der Waals surface area contributed by atoms with Crippen molar-refractivity contribution in [3.63, 3.8) is 0 Å². The first-order valence-electron chi connectivity index (χ1n) is 6.20. The van der Waals surface area contributed by atoms with Gasteiger partial charge in [-0.15, -0.1) is 0 Å². The van der Waals surface area contributed by atoms with E-state index < -0.39 is 5.97 Å². The number of piperidine rings is 1. The lowest BCUT2D eigenvalue weighted by molar-refractivity contribution is -0.137. The molecule has 1 atom stereocenters. The van der Waals surface area contributed by atoms with Gasteiger partial charge in [0, 0.05) is 13.0 Å². The molecule has 1 aromatic heterocycles. The summed E-state index contributed by atoms with van der Waals surface area (Å²) in [5.74, 6) is 0.826. The number of nitrogens with zero attached hydrogens (tertiary/aromatic N) is 1. The molecule has 1 aromatic rings. The Bertz CT molecular complexity index is 348. The van der Waals surface area contributed by atoms with Gasteiger partial charge in [-0.1, -0.05) is 0 Å². The number of hydrogen-bond donors (Lipinski definition) is 1. The van der Waals surface area contributed by atoms with Crippen LogP contribution >= 0.6 is 0 Å². The molecule has 2 rings (SSSR count). The summed E-state index contributed by atoms with van der Waals surface area (Å²) in [5, 5.41) is 8.69. The van der Waals surface area contributed by atoms with Crippen molar-refractivity contribution in [3.05, 3.63) is 24.2 Å². The van der Waals surface area contributed by atoms with Gasteiger partial charge in [-0.3, -0.25) is 9.69 Å². The Kier molecular flexibility index (Phi) is 4.20. The molecular weight excluding hydrogens is 218 g/mol. The minimum absolute atomic E-state index is 0.291. The molecule has 94 valence electrons. The molecule has 0 aliphatic carbocycles. The molecule has 1 aliphatic heterocycles. The predicted octanol–water partition coefficient (Wildman–Crippen LogP) is 2.36. The summed E-state index contributed by atoms with van der Waals surface area (Å²) < 4.78 is 5.33. The normalized spacial score (nSPS) is 21.5. The van der Waals surface area contributed by atoms with Crippen molar-refractivity contribution in [1.82, 2.24) is 4.90 Å². The summed E-state index contributed by atoms with van der Waals surface area (Å²) in [7, 11) is 0. The highest BCUT2D eigenvalue weighted by atomic mass is 16.4. The van der Waals surface area contributed by atoms with Gasteiger partial charge in [0.05, 0.1) is 12.8 Å². The number of likely N-dealkylation sites (tertiary alicyclic amines) is 1. The second kappa shape index (κ2) is 5.87. The molecule has 1 N–H and O–H groups in total. The molecule has 4 heteroatoms. The average molecular weight is 237 g/mol. The first-order chi connectivity index (χ1) is 8.24. The molecule has 1 unspecified atom stereocenters. The van der Waals surface area contributed by atoms with E-state index in [1.807, 2.05) is 12.1 Å². The van der Waals surface area contributed by atoms with Crippen LogP contribution in [0.3, 0.4) is 0 Å². The monoisotopic (exact) mass is 237 g/mol. The van der Waals surface area contributed by atoms with Gasteiger partial charge in [0.1, 0.15) is 5.76 Å². The standard InChI is InChI=1S/C13H19NO3/c15-13(16)6-5-11-3-1-7-14(9-11)10-12-4-2-8-17-12/h2,4,8,11H,1,3,5-7,9-10H2,(H,15,16). The largest absolute Gasteiger partial charge is 0.481 e. The van der Waals surface area contributed by atoms with E-state index >= 15 is 0 Å². The van der Waals surface area contributed by atoms with Crippen LogP contribution in [0.2, 0.25) is 0 Å². The zero-order valence-electron chi connectivity index (χ0n) is 9.97. The molecule has 17 heavy (non-hydrogen) atoms. The van der Waals surface area contributed by atoms with Crippen LogP contribution in [0.4, 0.5) is 0 Å². The Labute approximate surface area is 101 Å². The first kappa shape index (κ1) is 12.2. The van der Waals surface area contributed by atoms with Gasteiger partial charge in [-0.2, -0.15) is 0 Å². The second-order valence-corrected chi connectivity index (χ2v) is 4.76. The fraction of sp³-hybridized carbons (Fsp3) is 0.615. The quantitative estimate of drug-likeness (QED) is 0.854. The molecule has 1 aliphatic rings. The maximum Gasteiger partial charge on any atom is 0.303 e. The average Bonchev–Trinajstić information content (AvgIpc) is 2.80. The van der Waals surface area contributed by atoms with E-state index in [0.717, 1.165) is 44.7 Å². The summed E-state index contributed by atoms with van der Waals surface area (Å²) in [5.41, 5.74) is 0. The topological polar surface area (TPSA) is 53.7 Å². The molecule has 2 heterocycles. The second-order valence-electron chi connectivity index (χ2n) is 4.76. The summed E-state index contributed by atoms with van der Waals surface area (Å²) in [6, 6.07) is 3.89. The van der Waals surface area contributed by atoms with Gasteiger partial charge in [0.15, 0.2) is 0 Å². The predicted molar refractivity (Wildman–Crippen MR) is 63.6 cm³/mol. The maximum atomic E-state index is 10.6. The van der Waals surface area contributed by atoms with E-state index in [2.05, 4.69) is 4.90 Å². The number of furan rings is 1. The van der Waals surface area contributed by atoms with Crippen molar-refractivity contribution in [2.45, 2.75) is 32.2 Å². The molecule has 0 aromatic carbocycles. The molecule has 0 saturated carbocycles. The van der Waals surface area contributed by atoms with Crippen molar-refractivity contribution in [1.29, 1.82) is 0 Å². The zero-order valence-corrected chi connectivity index (χ0v) is 9.97. The summed E-state index contributed by atoms with van der Waals surface area (Å²) in [6.45, 7) is 2.93. The number of hydrogen-bond acceptors (Lipinski definition) is 3. The molecule has 0 bridgehead atoms. The van der Waals surface area contributed by atoms with E-state index in [9.17, 15) is 4.79 Å². The number of aliphatic carboxylic acids is 1. The lowest BCUT2D eigenvalue weighted by atomic mass is 9.93. The van der Waals surface area contributed by atoms with Crippen LogP contribution < -0.4 is 0 Å². The van der Waals surface area contributed by atoms with E-state index in [4.69, 9.17) is 9.52 Å². The Hall–Kier alpha value is -1.29. The lowest BCUT2D eigenvalue weighted by Gasteiger charge is -2.31. The van der Waals surface area contributed by atoms with Crippen molar-refractivity contribution in [3.8, 4) is 0 Å². The minimum Gasteiger partial charge on any atom is -0.481 e. The Morgan fingerprint density at radius 3 is 3.18 bits per heavy atom. The molecule has 0 radical (unpaired) electrons. The van der Waals surface area contributed by atoms with Crippen molar-refractivity contribution < 1.29 is 14.3 Å². The SMILES string of the molecule is O=C(O)CCC1CCCN(Cc2ccco2)C1.